The highest BCUT2D eigenvalue weighted by atomic mass is 35.5. The highest BCUT2D eigenvalue weighted by Crippen LogP contribution is 2.36. The summed E-state index contributed by atoms with van der Waals surface area (Å²) in [4.78, 5) is 0. The molecular weight excluding hydrogens is 246 g/mol. The van der Waals surface area contributed by atoms with Crippen LogP contribution < -0.4 is 10.5 Å². The van der Waals surface area contributed by atoms with Crippen molar-refractivity contribution in [1.29, 1.82) is 0 Å². The number of halogens is 1. The van der Waals surface area contributed by atoms with Crippen LogP contribution in [0.3, 0.4) is 0 Å². The fraction of sp³-hybridized carbons (Fsp3) is 0.600. The monoisotopic (exact) mass is 269 g/mol. The molecule has 0 saturated heterocycles. The van der Waals surface area contributed by atoms with E-state index in [4.69, 9.17) is 10.5 Å². The molecule has 1 saturated carbocycles. The second-order valence-corrected chi connectivity index (χ2v) is 4.89. The molecule has 1 fully saturated rings. The van der Waals surface area contributed by atoms with Crippen LogP contribution >= 0.6 is 12.4 Å². The van der Waals surface area contributed by atoms with Gasteiger partial charge >= 0.3 is 0 Å². The topological polar surface area (TPSA) is 35.2 Å². The van der Waals surface area contributed by atoms with Crippen molar-refractivity contribution in [1.82, 2.24) is 0 Å². The van der Waals surface area contributed by atoms with Crippen molar-refractivity contribution in [3.8, 4) is 5.75 Å². The van der Waals surface area contributed by atoms with Gasteiger partial charge in [0, 0.05) is 11.6 Å². The second-order valence-electron chi connectivity index (χ2n) is 4.89. The molecule has 2 N–H and O–H groups in total. The minimum atomic E-state index is 0. The number of benzene rings is 1. The largest absolute Gasteiger partial charge is 0.494 e. The maximum absolute atomic E-state index is 6.42. The minimum Gasteiger partial charge on any atom is -0.494 e. The molecule has 2 rings (SSSR count). The molecule has 18 heavy (non-hydrogen) atoms. The van der Waals surface area contributed by atoms with Crippen molar-refractivity contribution in [2.75, 3.05) is 6.61 Å². The smallest absolute Gasteiger partial charge is 0.124 e. The Morgan fingerprint density at radius 2 is 1.89 bits per heavy atom. The normalized spacial score (nSPS) is 17.9. The molecule has 1 aliphatic carbocycles. The summed E-state index contributed by atoms with van der Waals surface area (Å²) >= 11 is 0. The summed E-state index contributed by atoms with van der Waals surface area (Å²) in [7, 11) is 0. The Labute approximate surface area is 116 Å². The molecule has 2 nitrogen and oxygen atoms in total. The van der Waals surface area contributed by atoms with Crippen LogP contribution in [0.4, 0.5) is 0 Å². The molecule has 1 aliphatic rings. The Kier molecular flexibility index (Phi) is 6.51. The molecule has 0 spiro atoms. The van der Waals surface area contributed by atoms with Gasteiger partial charge < -0.3 is 10.5 Å². The van der Waals surface area contributed by atoms with Gasteiger partial charge in [-0.1, -0.05) is 37.5 Å². The summed E-state index contributed by atoms with van der Waals surface area (Å²) < 4.78 is 5.67. The van der Waals surface area contributed by atoms with Gasteiger partial charge in [-0.3, -0.25) is 0 Å². The van der Waals surface area contributed by atoms with Gasteiger partial charge in [0.2, 0.25) is 0 Å². The lowest BCUT2D eigenvalue weighted by atomic mass is 9.81. The Bertz CT molecular complexity index is 350. The number of hydrogen-bond acceptors (Lipinski definition) is 2. The van der Waals surface area contributed by atoms with E-state index in [1.807, 2.05) is 19.1 Å². The second kappa shape index (κ2) is 7.65. The van der Waals surface area contributed by atoms with Crippen molar-refractivity contribution in [3.63, 3.8) is 0 Å². The van der Waals surface area contributed by atoms with E-state index in [9.17, 15) is 0 Å². The average molecular weight is 270 g/mol. The summed E-state index contributed by atoms with van der Waals surface area (Å²) in [6.45, 7) is 2.72. The number of nitrogens with two attached hydrogens (primary N) is 1. The van der Waals surface area contributed by atoms with E-state index in [0.29, 0.717) is 12.5 Å². The van der Waals surface area contributed by atoms with Crippen LogP contribution in [0.25, 0.3) is 0 Å². The lowest BCUT2D eigenvalue weighted by molar-refractivity contribution is 0.292. The van der Waals surface area contributed by atoms with Crippen molar-refractivity contribution in [2.45, 2.75) is 45.1 Å². The molecule has 0 radical (unpaired) electrons. The fourth-order valence-corrected chi connectivity index (χ4v) is 2.79. The number of ether oxygens (including phenoxy) is 1. The minimum absolute atomic E-state index is 0. The van der Waals surface area contributed by atoms with Crippen LogP contribution in [-0.2, 0) is 0 Å². The highest BCUT2D eigenvalue weighted by molar-refractivity contribution is 5.85. The van der Waals surface area contributed by atoms with E-state index in [1.54, 1.807) is 0 Å². The molecule has 0 unspecified atom stereocenters. The zero-order valence-corrected chi connectivity index (χ0v) is 11.9. The van der Waals surface area contributed by atoms with Gasteiger partial charge in [-0.15, -0.1) is 12.4 Å². The van der Waals surface area contributed by atoms with Gasteiger partial charge in [-0.05, 0) is 31.7 Å². The highest BCUT2D eigenvalue weighted by Gasteiger charge is 2.23. The summed E-state index contributed by atoms with van der Waals surface area (Å²) in [5, 5.41) is 0. The first-order chi connectivity index (χ1) is 8.33. The lowest BCUT2D eigenvalue weighted by Gasteiger charge is -2.28. The Morgan fingerprint density at radius 1 is 1.22 bits per heavy atom. The summed E-state index contributed by atoms with van der Waals surface area (Å²) in [6.07, 6.45) is 6.56. The van der Waals surface area contributed by atoms with E-state index in [1.165, 1.54) is 37.7 Å². The molecule has 0 bridgehead atoms. The van der Waals surface area contributed by atoms with Gasteiger partial charge in [0.15, 0.2) is 0 Å². The number of hydrogen-bond donors (Lipinski definition) is 1. The molecule has 1 aromatic carbocycles. The maximum atomic E-state index is 6.42. The predicted octanol–water partition coefficient (Wildman–Crippen LogP) is 4.09. The molecule has 1 atom stereocenters. The third-order valence-corrected chi connectivity index (χ3v) is 3.74. The number of rotatable bonds is 4. The molecule has 0 aliphatic heterocycles. The average Bonchev–Trinajstić information content (AvgIpc) is 2.40. The van der Waals surface area contributed by atoms with Crippen LogP contribution in [0.15, 0.2) is 24.3 Å². The first kappa shape index (κ1) is 15.3. The van der Waals surface area contributed by atoms with Crippen LogP contribution in [0, 0.1) is 5.92 Å². The molecular formula is C15H24ClNO. The maximum Gasteiger partial charge on any atom is 0.124 e. The summed E-state index contributed by atoms with van der Waals surface area (Å²) in [5.41, 5.74) is 7.60. The zero-order chi connectivity index (χ0) is 12.1. The first-order valence-corrected chi connectivity index (χ1v) is 6.80. The Balaban J connectivity index is 0.00000162. The Hall–Kier alpha value is -0.730. The van der Waals surface area contributed by atoms with E-state index >= 15 is 0 Å². The molecule has 3 heteroatoms. The molecule has 0 heterocycles. The van der Waals surface area contributed by atoms with Gasteiger partial charge in [0.1, 0.15) is 5.75 Å². The van der Waals surface area contributed by atoms with Crippen LogP contribution in [0.1, 0.15) is 50.6 Å². The standard InChI is InChI=1S/C15H23NO.ClH/c1-2-17-14-11-7-6-10-13(14)15(16)12-8-4-3-5-9-12;/h6-7,10-12,15H,2-5,8-9,16H2,1H3;1H/t15-;/m0./s1. The van der Waals surface area contributed by atoms with Crippen molar-refractivity contribution in [3.05, 3.63) is 29.8 Å². The van der Waals surface area contributed by atoms with E-state index in [-0.39, 0.29) is 18.4 Å². The van der Waals surface area contributed by atoms with E-state index < -0.39 is 0 Å². The Morgan fingerprint density at radius 3 is 2.56 bits per heavy atom. The van der Waals surface area contributed by atoms with Crippen LogP contribution in [0.2, 0.25) is 0 Å². The molecule has 0 aromatic heterocycles. The van der Waals surface area contributed by atoms with Gasteiger partial charge in [0.05, 0.1) is 6.61 Å². The van der Waals surface area contributed by atoms with Crippen molar-refractivity contribution in [2.24, 2.45) is 11.7 Å². The molecule has 1 aromatic rings. The van der Waals surface area contributed by atoms with Gasteiger partial charge in [0.25, 0.3) is 0 Å². The summed E-state index contributed by atoms with van der Waals surface area (Å²) in [6, 6.07) is 8.35. The quantitative estimate of drug-likeness (QED) is 0.894. The third kappa shape index (κ3) is 3.63. The predicted molar refractivity (Wildman–Crippen MR) is 78.4 cm³/mol. The summed E-state index contributed by atoms with van der Waals surface area (Å²) in [5.74, 6) is 1.60. The van der Waals surface area contributed by atoms with E-state index in [0.717, 1.165) is 5.75 Å². The van der Waals surface area contributed by atoms with E-state index in [2.05, 4.69) is 12.1 Å². The lowest BCUT2D eigenvalue weighted by Crippen LogP contribution is -2.24. The van der Waals surface area contributed by atoms with Crippen molar-refractivity contribution >= 4 is 12.4 Å². The third-order valence-electron chi connectivity index (χ3n) is 3.74. The SMILES string of the molecule is CCOc1ccccc1[C@@H](N)C1CCCCC1.Cl. The molecule has 102 valence electrons. The van der Waals surface area contributed by atoms with Crippen LogP contribution in [-0.4, -0.2) is 6.61 Å². The first-order valence-electron chi connectivity index (χ1n) is 6.80. The van der Waals surface area contributed by atoms with Gasteiger partial charge in [-0.25, -0.2) is 0 Å². The fourth-order valence-electron chi connectivity index (χ4n) is 2.79. The van der Waals surface area contributed by atoms with Crippen LogP contribution in [0.5, 0.6) is 5.75 Å². The zero-order valence-electron chi connectivity index (χ0n) is 11.1. The molecule has 0 amide bonds. The van der Waals surface area contributed by atoms with Gasteiger partial charge in [-0.2, -0.15) is 0 Å². The number of para-hydroxylation sites is 1. The van der Waals surface area contributed by atoms with Crippen molar-refractivity contribution < 1.29 is 4.74 Å².